The van der Waals surface area contributed by atoms with Crippen LogP contribution in [0.15, 0.2) is 30.6 Å². The smallest absolute Gasteiger partial charge is 0.257 e. The lowest BCUT2D eigenvalue weighted by atomic mass is 9.95. The van der Waals surface area contributed by atoms with Gasteiger partial charge in [-0.3, -0.25) is 4.79 Å². The summed E-state index contributed by atoms with van der Waals surface area (Å²) in [5, 5.41) is 0. The van der Waals surface area contributed by atoms with Gasteiger partial charge in [0.2, 0.25) is 0 Å². The van der Waals surface area contributed by atoms with E-state index in [2.05, 4.69) is 9.97 Å². The van der Waals surface area contributed by atoms with Crippen LogP contribution in [0.3, 0.4) is 0 Å². The second-order valence-electron chi connectivity index (χ2n) is 5.58. The molecule has 1 saturated heterocycles. The number of carbonyl (C=O) groups excluding carboxylic acids is 1. The van der Waals surface area contributed by atoms with E-state index in [4.69, 9.17) is 9.47 Å². The summed E-state index contributed by atoms with van der Waals surface area (Å²) in [6.45, 7) is 1.43. The first kappa shape index (κ1) is 15.4. The van der Waals surface area contributed by atoms with Crippen molar-refractivity contribution in [1.29, 1.82) is 0 Å². The minimum Gasteiger partial charge on any atom is -0.493 e. The molecule has 1 aromatic heterocycles. The molecule has 2 aromatic rings. The minimum absolute atomic E-state index is 0.0151. The van der Waals surface area contributed by atoms with Crippen molar-refractivity contribution in [3.63, 3.8) is 0 Å². The topological polar surface area (TPSA) is 67.5 Å². The summed E-state index contributed by atoms with van der Waals surface area (Å²) in [5.74, 6) is 2.45. The third kappa shape index (κ3) is 3.02. The number of piperidine rings is 1. The molecular weight excluding hydrogens is 294 g/mol. The molecule has 2 heterocycles. The average Bonchev–Trinajstić information content (AvgIpc) is 3.15. The molecule has 23 heavy (non-hydrogen) atoms. The van der Waals surface area contributed by atoms with Crippen molar-refractivity contribution in [1.82, 2.24) is 14.9 Å². The monoisotopic (exact) mass is 315 g/mol. The fourth-order valence-corrected chi connectivity index (χ4v) is 3.08. The Bertz CT molecular complexity index is 662. The third-order valence-electron chi connectivity index (χ3n) is 4.32. The van der Waals surface area contributed by atoms with Crippen LogP contribution in [0, 0.1) is 0 Å². The minimum atomic E-state index is -0.0151. The van der Waals surface area contributed by atoms with Gasteiger partial charge in [0.05, 0.1) is 19.8 Å². The number of para-hydroxylation sites is 1. The zero-order valence-electron chi connectivity index (χ0n) is 13.4. The fourth-order valence-electron chi connectivity index (χ4n) is 3.08. The number of likely N-dealkylation sites (tertiary alicyclic amines) is 1. The summed E-state index contributed by atoms with van der Waals surface area (Å²) in [5.41, 5.74) is 0.545. The summed E-state index contributed by atoms with van der Waals surface area (Å²) < 4.78 is 10.6. The molecule has 0 aliphatic carbocycles. The number of methoxy groups -OCH3 is 2. The van der Waals surface area contributed by atoms with Gasteiger partial charge in [-0.2, -0.15) is 0 Å². The Hall–Kier alpha value is -2.50. The number of rotatable bonds is 4. The zero-order chi connectivity index (χ0) is 16.2. The van der Waals surface area contributed by atoms with Crippen LogP contribution in [0.4, 0.5) is 0 Å². The first-order valence-corrected chi connectivity index (χ1v) is 7.74. The van der Waals surface area contributed by atoms with Crippen LogP contribution in [-0.4, -0.2) is 48.1 Å². The van der Waals surface area contributed by atoms with E-state index in [0.717, 1.165) is 18.7 Å². The number of hydrogen-bond acceptors (Lipinski definition) is 4. The molecule has 1 aliphatic heterocycles. The highest BCUT2D eigenvalue weighted by Gasteiger charge is 2.27. The van der Waals surface area contributed by atoms with Gasteiger partial charge in [0.15, 0.2) is 11.5 Å². The molecular formula is C17H21N3O3. The number of amides is 1. The van der Waals surface area contributed by atoms with Gasteiger partial charge < -0.3 is 19.4 Å². The van der Waals surface area contributed by atoms with Crippen LogP contribution in [0.2, 0.25) is 0 Å². The summed E-state index contributed by atoms with van der Waals surface area (Å²) in [6, 6.07) is 5.38. The maximum atomic E-state index is 12.8. The van der Waals surface area contributed by atoms with Crippen LogP contribution < -0.4 is 9.47 Å². The fraction of sp³-hybridized carbons (Fsp3) is 0.412. The normalized spacial score (nSPS) is 15.5. The van der Waals surface area contributed by atoms with Crippen molar-refractivity contribution in [2.75, 3.05) is 27.3 Å². The zero-order valence-corrected chi connectivity index (χ0v) is 13.4. The van der Waals surface area contributed by atoms with Gasteiger partial charge in [-0.05, 0) is 25.0 Å². The number of aromatic nitrogens is 2. The van der Waals surface area contributed by atoms with Gasteiger partial charge in [-0.1, -0.05) is 6.07 Å². The van der Waals surface area contributed by atoms with E-state index in [1.54, 1.807) is 32.5 Å². The molecule has 6 heteroatoms. The summed E-state index contributed by atoms with van der Waals surface area (Å²) in [4.78, 5) is 22.2. The maximum absolute atomic E-state index is 12.8. The molecule has 1 N–H and O–H groups in total. The molecule has 0 radical (unpaired) electrons. The highest BCUT2D eigenvalue weighted by molar-refractivity contribution is 5.97. The van der Waals surface area contributed by atoms with E-state index in [1.807, 2.05) is 17.2 Å². The van der Waals surface area contributed by atoms with Gasteiger partial charge in [0, 0.05) is 31.4 Å². The molecule has 122 valence electrons. The summed E-state index contributed by atoms with van der Waals surface area (Å²) in [7, 11) is 3.12. The number of carbonyl (C=O) groups is 1. The van der Waals surface area contributed by atoms with Gasteiger partial charge >= 0.3 is 0 Å². The number of ether oxygens (including phenoxy) is 2. The summed E-state index contributed by atoms with van der Waals surface area (Å²) >= 11 is 0. The molecule has 3 rings (SSSR count). The Labute approximate surface area is 135 Å². The van der Waals surface area contributed by atoms with Crippen molar-refractivity contribution in [2.24, 2.45) is 0 Å². The lowest BCUT2D eigenvalue weighted by Gasteiger charge is -2.31. The standard InChI is InChI=1S/C17H21N3O3/c1-22-14-5-3-4-13(15(14)23-2)17(21)20-10-6-12(7-11-20)16-18-8-9-19-16/h3-5,8-9,12H,6-7,10-11H2,1-2H3,(H,18,19). The first-order valence-electron chi connectivity index (χ1n) is 7.74. The van der Waals surface area contributed by atoms with Gasteiger partial charge in [-0.15, -0.1) is 0 Å². The highest BCUT2D eigenvalue weighted by atomic mass is 16.5. The second-order valence-corrected chi connectivity index (χ2v) is 5.58. The Morgan fingerprint density at radius 3 is 2.65 bits per heavy atom. The Balaban J connectivity index is 1.73. The predicted octanol–water partition coefficient (Wildman–Crippen LogP) is 2.45. The number of imidazole rings is 1. The Morgan fingerprint density at radius 2 is 2.04 bits per heavy atom. The van der Waals surface area contributed by atoms with E-state index in [9.17, 15) is 4.79 Å². The van der Waals surface area contributed by atoms with Crippen molar-refractivity contribution >= 4 is 5.91 Å². The van der Waals surface area contributed by atoms with Crippen molar-refractivity contribution in [3.05, 3.63) is 42.0 Å². The van der Waals surface area contributed by atoms with E-state index in [-0.39, 0.29) is 5.91 Å². The molecule has 0 saturated carbocycles. The van der Waals surface area contributed by atoms with Crippen LogP contribution in [0.25, 0.3) is 0 Å². The predicted molar refractivity (Wildman–Crippen MR) is 86.0 cm³/mol. The molecule has 0 unspecified atom stereocenters. The SMILES string of the molecule is COc1cccc(C(=O)N2CCC(c3ncc[nH]3)CC2)c1OC. The van der Waals surface area contributed by atoms with Crippen molar-refractivity contribution in [3.8, 4) is 11.5 Å². The van der Waals surface area contributed by atoms with E-state index < -0.39 is 0 Å². The lowest BCUT2D eigenvalue weighted by molar-refractivity contribution is 0.0707. The molecule has 1 aromatic carbocycles. The van der Waals surface area contributed by atoms with Gasteiger partial charge in [-0.25, -0.2) is 4.98 Å². The molecule has 0 bridgehead atoms. The molecule has 1 aliphatic rings. The molecule has 6 nitrogen and oxygen atoms in total. The second kappa shape index (κ2) is 6.73. The number of hydrogen-bond donors (Lipinski definition) is 1. The largest absolute Gasteiger partial charge is 0.493 e. The van der Waals surface area contributed by atoms with E-state index in [1.165, 1.54) is 0 Å². The molecule has 1 fully saturated rings. The molecule has 0 spiro atoms. The number of nitrogens with zero attached hydrogens (tertiary/aromatic N) is 2. The van der Waals surface area contributed by atoms with E-state index in [0.29, 0.717) is 36.1 Å². The number of H-pyrrole nitrogens is 1. The van der Waals surface area contributed by atoms with Crippen molar-refractivity contribution in [2.45, 2.75) is 18.8 Å². The first-order chi connectivity index (χ1) is 11.2. The molecule has 1 amide bonds. The van der Waals surface area contributed by atoms with Crippen LogP contribution in [0.5, 0.6) is 11.5 Å². The molecule has 0 atom stereocenters. The number of aromatic amines is 1. The van der Waals surface area contributed by atoms with Crippen LogP contribution >= 0.6 is 0 Å². The van der Waals surface area contributed by atoms with Crippen molar-refractivity contribution < 1.29 is 14.3 Å². The Kier molecular flexibility index (Phi) is 4.50. The average molecular weight is 315 g/mol. The third-order valence-corrected chi connectivity index (χ3v) is 4.32. The number of benzene rings is 1. The quantitative estimate of drug-likeness (QED) is 0.941. The van der Waals surface area contributed by atoms with Crippen LogP contribution in [-0.2, 0) is 0 Å². The highest BCUT2D eigenvalue weighted by Crippen LogP contribution is 2.33. The number of nitrogens with one attached hydrogen (secondary N) is 1. The van der Waals surface area contributed by atoms with E-state index >= 15 is 0 Å². The van der Waals surface area contributed by atoms with Crippen LogP contribution in [0.1, 0.15) is 34.9 Å². The van der Waals surface area contributed by atoms with Gasteiger partial charge in [0.25, 0.3) is 5.91 Å². The lowest BCUT2D eigenvalue weighted by Crippen LogP contribution is -2.38. The summed E-state index contributed by atoms with van der Waals surface area (Å²) in [6.07, 6.45) is 5.43. The van der Waals surface area contributed by atoms with Gasteiger partial charge in [0.1, 0.15) is 5.82 Å². The Morgan fingerprint density at radius 1 is 1.26 bits per heavy atom. The maximum Gasteiger partial charge on any atom is 0.257 e.